The highest BCUT2D eigenvalue weighted by molar-refractivity contribution is 5.91. The summed E-state index contributed by atoms with van der Waals surface area (Å²) in [6, 6.07) is 13.2. The van der Waals surface area contributed by atoms with Crippen molar-refractivity contribution in [2.75, 3.05) is 0 Å². The van der Waals surface area contributed by atoms with Gasteiger partial charge in [-0.05, 0) is 29.8 Å². The van der Waals surface area contributed by atoms with E-state index in [0.29, 0.717) is 16.6 Å². The van der Waals surface area contributed by atoms with E-state index < -0.39 is 5.91 Å². The molecule has 0 saturated heterocycles. The zero-order chi connectivity index (χ0) is 14.7. The minimum atomic E-state index is -0.447. The van der Waals surface area contributed by atoms with E-state index in [1.54, 1.807) is 24.3 Å². The Kier molecular flexibility index (Phi) is 3.51. The number of nitrogens with zero attached hydrogens (tertiary/aromatic N) is 3. The molecule has 104 valence electrons. The Morgan fingerprint density at radius 1 is 1.05 bits per heavy atom. The maximum absolute atomic E-state index is 13.0. The second-order valence-corrected chi connectivity index (χ2v) is 4.44. The average molecular weight is 282 g/mol. The van der Waals surface area contributed by atoms with Crippen LogP contribution in [0.1, 0.15) is 16.2 Å². The molecule has 0 fully saturated rings. The summed E-state index contributed by atoms with van der Waals surface area (Å²) in [7, 11) is 0. The number of hydrogen-bond acceptors (Lipinski definition) is 4. The highest BCUT2D eigenvalue weighted by atomic mass is 19.1. The largest absolute Gasteiger partial charge is 0.345 e. The molecule has 1 amide bonds. The zero-order valence-corrected chi connectivity index (χ0v) is 11.0. The van der Waals surface area contributed by atoms with Gasteiger partial charge in [0.2, 0.25) is 5.82 Å². The molecule has 0 spiro atoms. The molecule has 1 aromatic heterocycles. The summed E-state index contributed by atoms with van der Waals surface area (Å²) < 4.78 is 13.0. The Morgan fingerprint density at radius 3 is 2.67 bits per heavy atom. The van der Waals surface area contributed by atoms with Gasteiger partial charge >= 0.3 is 0 Å². The number of aromatic nitrogens is 3. The van der Waals surface area contributed by atoms with Crippen LogP contribution in [0.3, 0.4) is 0 Å². The molecule has 0 bridgehead atoms. The Labute approximate surface area is 119 Å². The summed E-state index contributed by atoms with van der Waals surface area (Å²) in [4.78, 5) is 16.1. The first-order valence-corrected chi connectivity index (χ1v) is 6.34. The van der Waals surface area contributed by atoms with Gasteiger partial charge in [-0.15, -0.1) is 10.2 Å². The predicted molar refractivity (Wildman–Crippen MR) is 74.9 cm³/mol. The average Bonchev–Trinajstić information content (AvgIpc) is 2.52. The number of nitrogens with one attached hydrogen (secondary N) is 1. The topological polar surface area (TPSA) is 67.8 Å². The fourth-order valence-corrected chi connectivity index (χ4v) is 1.89. The molecular formula is C15H11FN4O. The molecule has 0 aliphatic rings. The monoisotopic (exact) mass is 282 g/mol. The maximum atomic E-state index is 13.0. The minimum Gasteiger partial charge on any atom is -0.345 e. The summed E-state index contributed by atoms with van der Waals surface area (Å²) in [5.74, 6) is -0.798. The molecule has 2 aromatic carbocycles. The normalized spacial score (nSPS) is 10.5. The van der Waals surface area contributed by atoms with Crippen molar-refractivity contribution in [3.05, 3.63) is 65.7 Å². The van der Waals surface area contributed by atoms with Crippen molar-refractivity contribution < 1.29 is 9.18 Å². The van der Waals surface area contributed by atoms with Gasteiger partial charge in [-0.3, -0.25) is 4.79 Å². The molecule has 1 heterocycles. The lowest BCUT2D eigenvalue weighted by Gasteiger charge is -2.04. The molecule has 0 radical (unpaired) electrons. The van der Waals surface area contributed by atoms with E-state index in [-0.39, 0.29) is 18.2 Å². The third-order valence-corrected chi connectivity index (χ3v) is 2.91. The van der Waals surface area contributed by atoms with Crippen LogP contribution in [-0.2, 0) is 6.54 Å². The van der Waals surface area contributed by atoms with Crippen LogP contribution in [0.5, 0.6) is 0 Å². The number of amides is 1. The summed E-state index contributed by atoms with van der Waals surface area (Å²) in [5, 5.41) is 10.4. The van der Waals surface area contributed by atoms with Crippen molar-refractivity contribution in [2.45, 2.75) is 6.54 Å². The SMILES string of the molecule is O=C(NCc1cccc(F)c1)c1nnc2ccccc2n1. The van der Waals surface area contributed by atoms with Gasteiger partial charge in [-0.1, -0.05) is 24.3 Å². The molecule has 0 aliphatic heterocycles. The maximum Gasteiger partial charge on any atom is 0.291 e. The van der Waals surface area contributed by atoms with Gasteiger partial charge in [0.15, 0.2) is 0 Å². The van der Waals surface area contributed by atoms with Crippen LogP contribution in [-0.4, -0.2) is 21.1 Å². The zero-order valence-electron chi connectivity index (χ0n) is 11.0. The van der Waals surface area contributed by atoms with Gasteiger partial charge in [0, 0.05) is 6.54 Å². The third kappa shape index (κ3) is 3.00. The number of rotatable bonds is 3. The van der Waals surface area contributed by atoms with Crippen molar-refractivity contribution in [1.82, 2.24) is 20.5 Å². The van der Waals surface area contributed by atoms with E-state index >= 15 is 0 Å². The molecule has 0 aliphatic carbocycles. The first kappa shape index (κ1) is 13.1. The number of benzene rings is 2. The second kappa shape index (κ2) is 5.62. The van der Waals surface area contributed by atoms with E-state index in [0.717, 1.165) is 0 Å². The van der Waals surface area contributed by atoms with Crippen LogP contribution in [0.15, 0.2) is 48.5 Å². The first-order chi connectivity index (χ1) is 10.2. The van der Waals surface area contributed by atoms with Crippen LogP contribution < -0.4 is 5.32 Å². The molecule has 1 N–H and O–H groups in total. The van der Waals surface area contributed by atoms with E-state index in [9.17, 15) is 9.18 Å². The van der Waals surface area contributed by atoms with Crippen LogP contribution in [0.25, 0.3) is 11.0 Å². The number of carbonyl (C=O) groups is 1. The van der Waals surface area contributed by atoms with Crippen molar-refractivity contribution in [1.29, 1.82) is 0 Å². The van der Waals surface area contributed by atoms with Gasteiger partial charge in [0.25, 0.3) is 5.91 Å². The molecule has 0 saturated carbocycles. The molecule has 0 unspecified atom stereocenters. The lowest BCUT2D eigenvalue weighted by Crippen LogP contribution is -2.25. The van der Waals surface area contributed by atoms with E-state index in [1.807, 2.05) is 12.1 Å². The fraction of sp³-hybridized carbons (Fsp3) is 0.0667. The molecule has 5 nitrogen and oxygen atoms in total. The summed E-state index contributed by atoms with van der Waals surface area (Å²) in [6.07, 6.45) is 0. The fourth-order valence-electron chi connectivity index (χ4n) is 1.89. The van der Waals surface area contributed by atoms with Crippen LogP contribution in [0.4, 0.5) is 4.39 Å². The Balaban J connectivity index is 1.74. The number of para-hydroxylation sites is 1. The Bertz CT molecular complexity index is 806. The van der Waals surface area contributed by atoms with Gasteiger partial charge in [0.05, 0.1) is 5.52 Å². The number of hydrogen-bond donors (Lipinski definition) is 1. The second-order valence-electron chi connectivity index (χ2n) is 4.44. The van der Waals surface area contributed by atoms with Crippen molar-refractivity contribution in [2.24, 2.45) is 0 Å². The summed E-state index contributed by atoms with van der Waals surface area (Å²) in [6.45, 7) is 0.201. The van der Waals surface area contributed by atoms with Crippen LogP contribution in [0.2, 0.25) is 0 Å². The van der Waals surface area contributed by atoms with Gasteiger partial charge in [-0.2, -0.15) is 0 Å². The van der Waals surface area contributed by atoms with Crippen LogP contribution in [0, 0.1) is 5.82 Å². The Morgan fingerprint density at radius 2 is 1.86 bits per heavy atom. The Hall–Kier alpha value is -2.89. The van der Waals surface area contributed by atoms with Crippen LogP contribution >= 0.6 is 0 Å². The molecule has 21 heavy (non-hydrogen) atoms. The van der Waals surface area contributed by atoms with Gasteiger partial charge in [0.1, 0.15) is 11.3 Å². The third-order valence-electron chi connectivity index (χ3n) is 2.91. The van der Waals surface area contributed by atoms with E-state index in [1.165, 1.54) is 12.1 Å². The molecule has 3 aromatic rings. The predicted octanol–water partition coefficient (Wildman–Crippen LogP) is 2.09. The number of halogens is 1. The standard InChI is InChI=1S/C15H11FN4O/c16-11-5-3-4-10(8-11)9-17-15(21)14-18-12-6-1-2-7-13(12)19-20-14/h1-8H,9H2,(H,17,21). The van der Waals surface area contributed by atoms with Gasteiger partial charge < -0.3 is 5.32 Å². The van der Waals surface area contributed by atoms with Crippen molar-refractivity contribution >= 4 is 16.9 Å². The number of carbonyl (C=O) groups excluding carboxylic acids is 1. The van der Waals surface area contributed by atoms with E-state index in [4.69, 9.17) is 0 Å². The van der Waals surface area contributed by atoms with Gasteiger partial charge in [-0.25, -0.2) is 9.37 Å². The summed E-state index contributed by atoms with van der Waals surface area (Å²) in [5.41, 5.74) is 1.89. The molecule has 0 atom stereocenters. The summed E-state index contributed by atoms with van der Waals surface area (Å²) >= 11 is 0. The van der Waals surface area contributed by atoms with Crippen molar-refractivity contribution in [3.8, 4) is 0 Å². The highest BCUT2D eigenvalue weighted by Gasteiger charge is 2.10. The highest BCUT2D eigenvalue weighted by Crippen LogP contribution is 2.07. The molecular weight excluding hydrogens is 271 g/mol. The van der Waals surface area contributed by atoms with Crippen molar-refractivity contribution in [3.63, 3.8) is 0 Å². The smallest absolute Gasteiger partial charge is 0.291 e. The number of fused-ring (bicyclic) bond motifs is 1. The lowest BCUT2D eigenvalue weighted by atomic mass is 10.2. The molecule has 6 heteroatoms. The quantitative estimate of drug-likeness (QED) is 0.798. The molecule has 3 rings (SSSR count). The lowest BCUT2D eigenvalue weighted by molar-refractivity contribution is 0.0939. The first-order valence-electron chi connectivity index (χ1n) is 6.34. The minimum absolute atomic E-state index is 0.00916. The van der Waals surface area contributed by atoms with E-state index in [2.05, 4.69) is 20.5 Å².